The van der Waals surface area contributed by atoms with E-state index in [1.54, 1.807) is 0 Å². The van der Waals surface area contributed by atoms with Crippen molar-refractivity contribution in [1.82, 2.24) is 0 Å². The molecule has 0 heteroatoms. The summed E-state index contributed by atoms with van der Waals surface area (Å²) < 4.78 is 0. The molecule has 0 atom stereocenters. The largest absolute Gasteiger partial charge is 0.103 e. The highest BCUT2D eigenvalue weighted by atomic mass is 13.9. The van der Waals surface area contributed by atoms with Crippen molar-refractivity contribution < 1.29 is 0 Å². The van der Waals surface area contributed by atoms with Gasteiger partial charge in [0.15, 0.2) is 0 Å². The highest BCUT2D eigenvalue weighted by Crippen LogP contribution is 2.00. The van der Waals surface area contributed by atoms with Gasteiger partial charge in [0, 0.05) is 0 Å². The summed E-state index contributed by atoms with van der Waals surface area (Å²) in [7, 11) is 0. The smallest absolute Gasteiger partial charge is 0.0316 e. The molecule has 0 aromatic heterocycles. The fraction of sp³-hybridized carbons (Fsp3) is 0.444. The Balaban J connectivity index is 3.27. The molecule has 0 nitrogen and oxygen atoms in total. The monoisotopic (exact) mass is 244 g/mol. The average Bonchev–Trinajstić information content (AvgIpc) is 2.39. The van der Waals surface area contributed by atoms with Crippen LogP contribution in [0, 0.1) is 0 Å². The van der Waals surface area contributed by atoms with E-state index in [2.05, 4.69) is 49.6 Å². The second kappa shape index (κ2) is 15.7. The van der Waals surface area contributed by atoms with E-state index in [4.69, 9.17) is 0 Å². The van der Waals surface area contributed by atoms with Crippen LogP contribution in [0.3, 0.4) is 0 Å². The number of rotatable bonds is 12. The van der Waals surface area contributed by atoms with Gasteiger partial charge in [0.25, 0.3) is 0 Å². The molecule has 0 aliphatic heterocycles. The molecule has 0 aliphatic rings. The van der Waals surface area contributed by atoms with E-state index in [9.17, 15) is 0 Å². The molecule has 0 amide bonds. The summed E-state index contributed by atoms with van der Waals surface area (Å²) in [5.74, 6) is 0. The normalized spacial score (nSPS) is 11.8. The van der Waals surface area contributed by atoms with Gasteiger partial charge in [-0.15, -0.1) is 13.2 Å². The van der Waals surface area contributed by atoms with E-state index in [0.717, 1.165) is 51.4 Å². The predicted octanol–water partition coefficient (Wildman–Crippen LogP) is 6.15. The van der Waals surface area contributed by atoms with Crippen LogP contribution in [0.5, 0.6) is 0 Å². The zero-order valence-electron chi connectivity index (χ0n) is 11.7. The summed E-state index contributed by atoms with van der Waals surface area (Å²) in [6.45, 7) is 7.41. The lowest BCUT2D eigenvalue weighted by Gasteiger charge is -1.90. The van der Waals surface area contributed by atoms with Crippen LogP contribution in [0.1, 0.15) is 51.4 Å². The fourth-order valence-corrected chi connectivity index (χ4v) is 1.52. The molecule has 0 N–H and O–H groups in total. The average molecular weight is 244 g/mol. The zero-order chi connectivity index (χ0) is 13.3. The van der Waals surface area contributed by atoms with Crippen molar-refractivity contribution in [2.45, 2.75) is 51.4 Å². The van der Waals surface area contributed by atoms with Gasteiger partial charge in [0.1, 0.15) is 0 Å². The van der Waals surface area contributed by atoms with E-state index in [1.165, 1.54) is 0 Å². The molecule has 0 saturated carbocycles. The fourth-order valence-electron chi connectivity index (χ4n) is 1.52. The molecule has 0 unspecified atom stereocenters. The highest BCUT2D eigenvalue weighted by molar-refractivity contribution is 4.91. The van der Waals surface area contributed by atoms with Gasteiger partial charge in [-0.2, -0.15) is 0 Å². The quantitative estimate of drug-likeness (QED) is 0.285. The first kappa shape index (κ1) is 16.7. The minimum Gasteiger partial charge on any atom is -0.103 e. The van der Waals surface area contributed by atoms with Crippen LogP contribution in [0.25, 0.3) is 0 Å². The molecule has 0 radical (unpaired) electrons. The lowest BCUT2D eigenvalue weighted by Crippen LogP contribution is -1.69. The molecule has 0 aromatic rings. The van der Waals surface area contributed by atoms with E-state index >= 15 is 0 Å². The first-order valence-corrected chi connectivity index (χ1v) is 7.08. The Kier molecular flexibility index (Phi) is 14.6. The minimum absolute atomic E-state index is 1.09. The first-order valence-electron chi connectivity index (χ1n) is 7.08. The first-order chi connectivity index (χ1) is 8.91. The summed E-state index contributed by atoms with van der Waals surface area (Å²) in [5.41, 5.74) is 0. The van der Waals surface area contributed by atoms with Crippen molar-refractivity contribution in [2.75, 3.05) is 0 Å². The lowest BCUT2D eigenvalue weighted by molar-refractivity contribution is 0.978. The molecule has 0 bridgehead atoms. The molecule has 0 fully saturated rings. The van der Waals surface area contributed by atoms with Crippen molar-refractivity contribution in [3.8, 4) is 0 Å². The van der Waals surface area contributed by atoms with Crippen LogP contribution >= 0.6 is 0 Å². The second-order valence-electron chi connectivity index (χ2n) is 4.30. The zero-order valence-corrected chi connectivity index (χ0v) is 11.7. The van der Waals surface area contributed by atoms with E-state index in [0.29, 0.717) is 0 Å². The van der Waals surface area contributed by atoms with Crippen LogP contribution in [0.4, 0.5) is 0 Å². The minimum atomic E-state index is 1.09. The molecule has 0 saturated heterocycles. The molecule has 0 aromatic carbocycles. The van der Waals surface area contributed by atoms with E-state index in [-0.39, 0.29) is 0 Å². The maximum atomic E-state index is 3.70. The van der Waals surface area contributed by atoms with Crippen LogP contribution in [0.2, 0.25) is 0 Å². The van der Waals surface area contributed by atoms with Gasteiger partial charge in [0.05, 0.1) is 0 Å². The Labute approximate surface area is 113 Å². The topological polar surface area (TPSA) is 0 Å². The Morgan fingerprint density at radius 3 is 0.833 bits per heavy atom. The number of allylic oxidation sites excluding steroid dienone is 8. The molecular formula is C18H28. The third-order valence-corrected chi connectivity index (χ3v) is 2.57. The SMILES string of the molecule is C=CCCC=CCCC=CCCC=CCCC=C. The number of unbranched alkanes of at least 4 members (excludes halogenated alkanes) is 4. The molecule has 0 rings (SSSR count). The van der Waals surface area contributed by atoms with Gasteiger partial charge in [-0.1, -0.05) is 48.6 Å². The standard InChI is InChI=1S/C18H28/c1-3-5-7-9-11-13-15-17-18-16-14-12-10-8-6-4-2/h3-4,9-12,17-18H,1-2,5-8,13-16H2. The molecular weight excluding hydrogens is 216 g/mol. The second-order valence-corrected chi connectivity index (χ2v) is 4.30. The maximum Gasteiger partial charge on any atom is -0.0316 e. The van der Waals surface area contributed by atoms with Crippen LogP contribution in [-0.4, -0.2) is 0 Å². The Morgan fingerprint density at radius 2 is 0.611 bits per heavy atom. The molecule has 0 heterocycles. The van der Waals surface area contributed by atoms with Gasteiger partial charge in [-0.05, 0) is 51.4 Å². The summed E-state index contributed by atoms with van der Waals surface area (Å²) in [5, 5.41) is 0. The molecule has 0 aliphatic carbocycles. The van der Waals surface area contributed by atoms with E-state index < -0.39 is 0 Å². The molecule has 0 spiro atoms. The lowest BCUT2D eigenvalue weighted by atomic mass is 10.2. The Morgan fingerprint density at radius 1 is 0.389 bits per heavy atom. The number of hydrogen-bond donors (Lipinski definition) is 0. The highest BCUT2D eigenvalue weighted by Gasteiger charge is 1.80. The van der Waals surface area contributed by atoms with Crippen molar-refractivity contribution in [1.29, 1.82) is 0 Å². The van der Waals surface area contributed by atoms with Gasteiger partial charge in [-0.25, -0.2) is 0 Å². The number of hydrogen-bond acceptors (Lipinski definition) is 0. The van der Waals surface area contributed by atoms with Crippen LogP contribution < -0.4 is 0 Å². The summed E-state index contributed by atoms with van der Waals surface area (Å²) in [6, 6.07) is 0. The molecule has 100 valence electrons. The van der Waals surface area contributed by atoms with Crippen molar-refractivity contribution in [3.05, 3.63) is 61.8 Å². The van der Waals surface area contributed by atoms with Gasteiger partial charge in [-0.3, -0.25) is 0 Å². The third kappa shape index (κ3) is 14.7. The summed E-state index contributed by atoms with van der Waals surface area (Å²) in [6.07, 6.45) is 26.6. The van der Waals surface area contributed by atoms with Gasteiger partial charge >= 0.3 is 0 Å². The Hall–Kier alpha value is -1.30. The van der Waals surface area contributed by atoms with Crippen molar-refractivity contribution in [2.24, 2.45) is 0 Å². The maximum absolute atomic E-state index is 3.70. The third-order valence-electron chi connectivity index (χ3n) is 2.57. The van der Waals surface area contributed by atoms with Crippen molar-refractivity contribution in [3.63, 3.8) is 0 Å². The van der Waals surface area contributed by atoms with Crippen LogP contribution in [0.15, 0.2) is 61.8 Å². The summed E-state index contributed by atoms with van der Waals surface area (Å²) in [4.78, 5) is 0. The van der Waals surface area contributed by atoms with Gasteiger partial charge < -0.3 is 0 Å². The predicted molar refractivity (Wildman–Crippen MR) is 84.8 cm³/mol. The van der Waals surface area contributed by atoms with Crippen LogP contribution in [-0.2, 0) is 0 Å². The van der Waals surface area contributed by atoms with E-state index in [1.807, 2.05) is 12.2 Å². The molecule has 18 heavy (non-hydrogen) atoms. The Bertz CT molecular complexity index is 238. The summed E-state index contributed by atoms with van der Waals surface area (Å²) >= 11 is 0. The van der Waals surface area contributed by atoms with Gasteiger partial charge in [0.2, 0.25) is 0 Å². The van der Waals surface area contributed by atoms with Crippen molar-refractivity contribution >= 4 is 0 Å².